The topological polar surface area (TPSA) is 101 Å². The molecule has 1 heterocycles. The van der Waals surface area contributed by atoms with Crippen LogP contribution in [0.1, 0.15) is 16.8 Å². The summed E-state index contributed by atoms with van der Waals surface area (Å²) in [5, 5.41) is 11.0. The third-order valence-corrected chi connectivity index (χ3v) is 4.88. The molecule has 1 atom stereocenters. The summed E-state index contributed by atoms with van der Waals surface area (Å²) in [5.74, 6) is -2.44. The second kappa shape index (κ2) is 8.42. The third kappa shape index (κ3) is 3.92. The molecule has 30 heavy (non-hydrogen) atoms. The van der Waals surface area contributed by atoms with Gasteiger partial charge in [-0.3, -0.25) is 24.5 Å². The number of halogens is 2. The van der Waals surface area contributed by atoms with Crippen LogP contribution in [0.4, 0.5) is 15.8 Å². The van der Waals surface area contributed by atoms with E-state index in [0.29, 0.717) is 0 Å². The van der Waals surface area contributed by atoms with Crippen molar-refractivity contribution in [3.05, 3.63) is 81.6 Å². The zero-order valence-electron chi connectivity index (χ0n) is 15.5. The van der Waals surface area contributed by atoms with E-state index in [0.717, 1.165) is 28.0 Å². The summed E-state index contributed by atoms with van der Waals surface area (Å²) in [6, 6.07) is 7.19. The molecule has 0 bridgehead atoms. The van der Waals surface area contributed by atoms with E-state index in [1.54, 1.807) is 0 Å². The van der Waals surface area contributed by atoms with Gasteiger partial charge in [0.15, 0.2) is 0 Å². The zero-order valence-corrected chi connectivity index (χ0v) is 16.2. The number of anilines is 1. The number of nitro benzene ring substituents is 1. The fraction of sp³-hybridized carbons (Fsp3) is 0.150. The highest BCUT2D eigenvalue weighted by Gasteiger charge is 2.44. The molecule has 0 spiro atoms. The Morgan fingerprint density at radius 3 is 2.57 bits per heavy atom. The van der Waals surface area contributed by atoms with Gasteiger partial charge in [0.25, 0.3) is 17.5 Å². The van der Waals surface area contributed by atoms with Crippen molar-refractivity contribution in [1.29, 1.82) is 0 Å². The van der Waals surface area contributed by atoms with E-state index in [2.05, 4.69) is 6.58 Å². The smallest absolute Gasteiger partial charge is 0.288 e. The van der Waals surface area contributed by atoms with Gasteiger partial charge in [-0.15, -0.1) is 6.58 Å². The minimum atomic E-state index is -1.14. The van der Waals surface area contributed by atoms with Gasteiger partial charge in [0, 0.05) is 18.2 Å². The molecule has 2 aromatic rings. The molecule has 154 valence electrons. The first-order valence-electron chi connectivity index (χ1n) is 8.72. The molecule has 0 saturated carbocycles. The normalized spacial score (nSPS) is 15.9. The van der Waals surface area contributed by atoms with Gasteiger partial charge in [-0.25, -0.2) is 9.29 Å². The van der Waals surface area contributed by atoms with E-state index in [1.165, 1.54) is 30.3 Å². The van der Waals surface area contributed by atoms with Crippen molar-refractivity contribution in [2.45, 2.75) is 12.5 Å². The zero-order chi connectivity index (χ0) is 22.0. The molecule has 1 unspecified atom stereocenters. The molecule has 3 amide bonds. The standard InChI is InChI=1S/C20H15ClFN3O5/c1-2-9-23(19(27)12-3-8-15(21)16(10-12)25(29)30)17-11-18(26)24(20(17)28)14-6-4-13(22)5-7-14/h2-8,10,17H,1,9,11H2. The molecule has 0 aromatic heterocycles. The first-order valence-corrected chi connectivity index (χ1v) is 9.10. The Morgan fingerprint density at radius 1 is 1.30 bits per heavy atom. The van der Waals surface area contributed by atoms with Gasteiger partial charge >= 0.3 is 0 Å². The molecule has 1 fully saturated rings. The summed E-state index contributed by atoms with van der Waals surface area (Å²) in [5.41, 5.74) is -0.335. The van der Waals surface area contributed by atoms with Gasteiger partial charge in [-0.1, -0.05) is 17.7 Å². The average molecular weight is 432 g/mol. The van der Waals surface area contributed by atoms with Crippen LogP contribution in [0.3, 0.4) is 0 Å². The third-order valence-electron chi connectivity index (χ3n) is 4.56. The molecule has 0 radical (unpaired) electrons. The fourth-order valence-electron chi connectivity index (χ4n) is 3.16. The van der Waals surface area contributed by atoms with E-state index in [4.69, 9.17) is 11.6 Å². The molecule has 10 heteroatoms. The van der Waals surface area contributed by atoms with Crippen molar-refractivity contribution < 1.29 is 23.7 Å². The first-order chi connectivity index (χ1) is 14.2. The number of carbonyl (C=O) groups is 3. The Hall–Kier alpha value is -3.59. The van der Waals surface area contributed by atoms with Gasteiger partial charge in [-0.2, -0.15) is 0 Å². The van der Waals surface area contributed by atoms with Crippen molar-refractivity contribution >= 4 is 40.7 Å². The van der Waals surface area contributed by atoms with E-state index in [-0.39, 0.29) is 29.2 Å². The molecule has 8 nitrogen and oxygen atoms in total. The molecular weight excluding hydrogens is 417 g/mol. The number of amides is 3. The number of benzene rings is 2. The van der Waals surface area contributed by atoms with Crippen LogP contribution in [0.25, 0.3) is 0 Å². The molecule has 1 aliphatic heterocycles. The Morgan fingerprint density at radius 2 is 1.97 bits per heavy atom. The van der Waals surface area contributed by atoms with Crippen molar-refractivity contribution in [2.24, 2.45) is 0 Å². The predicted octanol–water partition coefficient (Wildman–Crippen LogP) is 3.35. The van der Waals surface area contributed by atoms with Gasteiger partial charge < -0.3 is 4.90 Å². The van der Waals surface area contributed by atoms with Crippen LogP contribution >= 0.6 is 11.6 Å². The van der Waals surface area contributed by atoms with Crippen LogP contribution in [0.2, 0.25) is 5.02 Å². The molecule has 2 aromatic carbocycles. The minimum Gasteiger partial charge on any atom is -0.322 e. The number of carbonyl (C=O) groups excluding carboxylic acids is 3. The summed E-state index contributed by atoms with van der Waals surface area (Å²) in [4.78, 5) is 50.8. The monoisotopic (exact) mass is 431 g/mol. The molecular formula is C20H15ClFN3O5. The van der Waals surface area contributed by atoms with Crippen LogP contribution in [0.15, 0.2) is 55.1 Å². The number of imide groups is 1. The largest absolute Gasteiger partial charge is 0.322 e. The Labute approximate surface area is 175 Å². The van der Waals surface area contributed by atoms with Crippen molar-refractivity contribution in [3.63, 3.8) is 0 Å². The van der Waals surface area contributed by atoms with E-state index in [1.807, 2.05) is 0 Å². The maximum atomic E-state index is 13.2. The molecule has 3 rings (SSSR count). The molecule has 0 aliphatic carbocycles. The van der Waals surface area contributed by atoms with Crippen molar-refractivity contribution in [2.75, 3.05) is 11.4 Å². The number of hydrogen-bond donors (Lipinski definition) is 0. The maximum Gasteiger partial charge on any atom is 0.288 e. The quantitative estimate of drug-likeness (QED) is 0.302. The Balaban J connectivity index is 1.94. The van der Waals surface area contributed by atoms with E-state index >= 15 is 0 Å². The Kier molecular flexibility index (Phi) is 5.93. The lowest BCUT2D eigenvalue weighted by atomic mass is 10.1. The number of nitro groups is 1. The first kappa shape index (κ1) is 21.1. The number of rotatable bonds is 6. The predicted molar refractivity (Wildman–Crippen MR) is 107 cm³/mol. The van der Waals surface area contributed by atoms with Crippen LogP contribution < -0.4 is 4.90 Å². The van der Waals surface area contributed by atoms with Gasteiger partial charge in [-0.05, 0) is 36.4 Å². The summed E-state index contributed by atoms with van der Waals surface area (Å²) in [7, 11) is 0. The lowest BCUT2D eigenvalue weighted by Gasteiger charge is -2.26. The van der Waals surface area contributed by atoms with Crippen molar-refractivity contribution in [3.8, 4) is 0 Å². The average Bonchev–Trinajstić information content (AvgIpc) is 3.00. The molecule has 1 aliphatic rings. The van der Waals surface area contributed by atoms with Gasteiger partial charge in [0.2, 0.25) is 5.91 Å². The highest BCUT2D eigenvalue weighted by Crippen LogP contribution is 2.29. The van der Waals surface area contributed by atoms with Crippen LogP contribution in [-0.4, -0.2) is 40.1 Å². The fourth-order valence-corrected chi connectivity index (χ4v) is 3.35. The minimum absolute atomic E-state index is 0.0616. The lowest BCUT2D eigenvalue weighted by molar-refractivity contribution is -0.384. The van der Waals surface area contributed by atoms with Gasteiger partial charge in [0.05, 0.1) is 17.0 Å². The number of nitrogens with zero attached hydrogens (tertiary/aromatic N) is 3. The Bertz CT molecular complexity index is 1060. The lowest BCUT2D eigenvalue weighted by Crippen LogP contribution is -2.45. The van der Waals surface area contributed by atoms with Crippen LogP contribution in [0.5, 0.6) is 0 Å². The van der Waals surface area contributed by atoms with E-state index in [9.17, 15) is 28.9 Å². The second-order valence-electron chi connectivity index (χ2n) is 6.43. The summed E-state index contributed by atoms with van der Waals surface area (Å²) < 4.78 is 13.2. The molecule has 0 N–H and O–H groups in total. The maximum absolute atomic E-state index is 13.2. The molecule has 1 saturated heterocycles. The SMILES string of the molecule is C=CCN(C(=O)c1ccc(Cl)c([N+](=O)[O-])c1)C1CC(=O)N(c2ccc(F)cc2)C1=O. The van der Waals surface area contributed by atoms with Gasteiger partial charge in [0.1, 0.15) is 16.9 Å². The van der Waals surface area contributed by atoms with Crippen LogP contribution in [-0.2, 0) is 9.59 Å². The summed E-state index contributed by atoms with van der Waals surface area (Å²) in [6.07, 6.45) is 1.09. The van der Waals surface area contributed by atoms with E-state index < -0.39 is 40.2 Å². The van der Waals surface area contributed by atoms with Crippen LogP contribution in [0, 0.1) is 15.9 Å². The summed E-state index contributed by atoms with van der Waals surface area (Å²) in [6.45, 7) is 3.49. The number of hydrogen-bond acceptors (Lipinski definition) is 5. The van der Waals surface area contributed by atoms with Crippen molar-refractivity contribution in [1.82, 2.24) is 4.90 Å². The highest BCUT2D eigenvalue weighted by atomic mass is 35.5. The summed E-state index contributed by atoms with van der Waals surface area (Å²) >= 11 is 5.79. The highest BCUT2D eigenvalue weighted by molar-refractivity contribution is 6.32. The second-order valence-corrected chi connectivity index (χ2v) is 6.84.